The summed E-state index contributed by atoms with van der Waals surface area (Å²) in [6, 6.07) is 22.0. The minimum Gasteiger partial charge on any atom is -0.493 e. The van der Waals surface area contributed by atoms with Gasteiger partial charge in [-0.1, -0.05) is 57.2 Å². The second kappa shape index (κ2) is 12.2. The normalized spacial score (nSPS) is 16.5. The van der Waals surface area contributed by atoms with Gasteiger partial charge in [0.25, 0.3) is 5.91 Å². The zero-order valence-corrected chi connectivity index (χ0v) is 23.0. The Hall–Kier alpha value is -3.51. The van der Waals surface area contributed by atoms with Crippen LogP contribution in [0.2, 0.25) is 0 Å². The average molecular weight is 515 g/mol. The van der Waals surface area contributed by atoms with Crippen LogP contribution in [0.3, 0.4) is 0 Å². The first-order chi connectivity index (χ1) is 18.0. The monoisotopic (exact) mass is 514 g/mol. The molecule has 192 valence electrons. The number of hydrogen-bond donors (Lipinski definition) is 0. The van der Waals surface area contributed by atoms with Crippen molar-refractivity contribution in [2.24, 2.45) is 4.99 Å². The Morgan fingerprint density at radius 1 is 0.946 bits per heavy atom. The molecule has 1 aliphatic rings. The number of amides is 1. The topological polar surface area (TPSA) is 51.1 Å². The molecule has 0 bridgehead atoms. The van der Waals surface area contributed by atoms with Crippen molar-refractivity contribution in [3.63, 3.8) is 0 Å². The second-order valence-electron chi connectivity index (χ2n) is 8.90. The van der Waals surface area contributed by atoms with Crippen molar-refractivity contribution < 1.29 is 14.3 Å². The third-order valence-electron chi connectivity index (χ3n) is 6.39. The maximum Gasteiger partial charge on any atom is 0.271 e. The van der Waals surface area contributed by atoms with Gasteiger partial charge in [-0.15, -0.1) is 0 Å². The van der Waals surface area contributed by atoms with E-state index in [1.54, 1.807) is 12.0 Å². The lowest BCUT2D eigenvalue weighted by atomic mass is 10.1. The van der Waals surface area contributed by atoms with Gasteiger partial charge in [-0.05, 0) is 85.5 Å². The molecule has 0 saturated carbocycles. The number of amidine groups is 1. The van der Waals surface area contributed by atoms with Gasteiger partial charge in [0.1, 0.15) is 0 Å². The summed E-state index contributed by atoms with van der Waals surface area (Å²) in [6.07, 6.45) is 4.65. The largest absolute Gasteiger partial charge is 0.493 e. The van der Waals surface area contributed by atoms with E-state index in [-0.39, 0.29) is 12.0 Å². The van der Waals surface area contributed by atoms with Crippen LogP contribution in [-0.2, 0) is 17.6 Å². The van der Waals surface area contributed by atoms with Crippen LogP contribution in [0.25, 0.3) is 6.08 Å². The standard InChI is InChI=1S/C31H34N2O3S/c1-6-21(4)36-29-24(10-9-11-27(29)35-5)20-28-30(34)33(26-18-14-23(8-3)15-19-26)31(37-28)32-25-16-12-22(7-2)13-17-25/h9-21H,6-8H2,1-5H3/b28-20-,32-31?/t21-/m1/s1. The van der Waals surface area contributed by atoms with Gasteiger partial charge in [0.05, 0.1) is 29.5 Å². The molecule has 4 rings (SSSR count). The average Bonchev–Trinajstić information content (AvgIpc) is 3.23. The molecule has 0 aromatic heterocycles. The number of carbonyl (C=O) groups is 1. The summed E-state index contributed by atoms with van der Waals surface area (Å²) in [5.41, 5.74) is 4.87. The molecule has 3 aromatic rings. The van der Waals surface area contributed by atoms with E-state index in [2.05, 4.69) is 45.0 Å². The highest BCUT2D eigenvalue weighted by Gasteiger charge is 2.35. The van der Waals surface area contributed by atoms with Crippen LogP contribution in [0.5, 0.6) is 11.5 Å². The van der Waals surface area contributed by atoms with E-state index in [4.69, 9.17) is 14.5 Å². The highest BCUT2D eigenvalue weighted by molar-refractivity contribution is 8.19. The first kappa shape index (κ1) is 26.6. The molecule has 1 amide bonds. The first-order valence-corrected chi connectivity index (χ1v) is 13.6. The highest BCUT2D eigenvalue weighted by Crippen LogP contribution is 2.40. The fraction of sp³-hybridized carbons (Fsp3) is 0.290. The third-order valence-corrected chi connectivity index (χ3v) is 7.36. The van der Waals surface area contributed by atoms with Crippen molar-refractivity contribution in [1.29, 1.82) is 0 Å². The number of anilines is 1. The highest BCUT2D eigenvalue weighted by atomic mass is 32.2. The van der Waals surface area contributed by atoms with Crippen LogP contribution in [0.1, 0.15) is 50.8 Å². The fourth-order valence-corrected chi connectivity index (χ4v) is 4.92. The Bertz CT molecular complexity index is 1300. The number of carbonyl (C=O) groups excluding carboxylic acids is 1. The number of benzene rings is 3. The van der Waals surface area contributed by atoms with Crippen molar-refractivity contribution in [1.82, 2.24) is 0 Å². The van der Waals surface area contributed by atoms with Gasteiger partial charge >= 0.3 is 0 Å². The zero-order valence-electron chi connectivity index (χ0n) is 22.2. The number of thioether (sulfide) groups is 1. The summed E-state index contributed by atoms with van der Waals surface area (Å²) in [4.78, 5) is 20.9. The summed E-state index contributed by atoms with van der Waals surface area (Å²) in [6.45, 7) is 8.34. The van der Waals surface area contributed by atoms with E-state index >= 15 is 0 Å². The van der Waals surface area contributed by atoms with Gasteiger partial charge in [0, 0.05) is 5.56 Å². The molecule has 0 aliphatic carbocycles. The molecular weight excluding hydrogens is 480 g/mol. The first-order valence-electron chi connectivity index (χ1n) is 12.8. The van der Waals surface area contributed by atoms with Gasteiger partial charge in [0.2, 0.25) is 0 Å². The van der Waals surface area contributed by atoms with Gasteiger partial charge in [-0.25, -0.2) is 4.99 Å². The van der Waals surface area contributed by atoms with Crippen molar-refractivity contribution in [2.75, 3.05) is 12.0 Å². The lowest BCUT2D eigenvalue weighted by molar-refractivity contribution is -0.113. The van der Waals surface area contributed by atoms with Gasteiger partial charge in [0.15, 0.2) is 16.7 Å². The number of methoxy groups -OCH3 is 1. The molecule has 3 aromatic carbocycles. The minimum absolute atomic E-state index is 0.0113. The molecule has 1 atom stereocenters. The molecule has 0 unspecified atom stereocenters. The molecular formula is C31H34N2O3S. The van der Waals surface area contributed by atoms with E-state index in [0.717, 1.165) is 36.2 Å². The predicted octanol–water partition coefficient (Wildman–Crippen LogP) is 7.81. The van der Waals surface area contributed by atoms with Crippen LogP contribution < -0.4 is 14.4 Å². The van der Waals surface area contributed by atoms with E-state index in [0.29, 0.717) is 21.6 Å². The lowest BCUT2D eigenvalue weighted by Gasteiger charge is -2.18. The summed E-state index contributed by atoms with van der Waals surface area (Å²) < 4.78 is 11.8. The fourth-order valence-electron chi connectivity index (χ4n) is 3.93. The SMILES string of the molecule is CCc1ccc(N=C2S/C(=C\c3cccc(OC)c3O[C@H](C)CC)C(=O)N2c2ccc(CC)cc2)cc1. The van der Waals surface area contributed by atoms with Crippen LogP contribution in [-0.4, -0.2) is 24.3 Å². The van der Waals surface area contributed by atoms with Crippen LogP contribution in [0, 0.1) is 0 Å². The number of nitrogens with zero attached hydrogens (tertiary/aromatic N) is 2. The molecule has 0 radical (unpaired) electrons. The Balaban J connectivity index is 1.78. The van der Waals surface area contributed by atoms with Crippen LogP contribution in [0.4, 0.5) is 11.4 Å². The molecule has 1 fully saturated rings. The maximum atomic E-state index is 13.8. The van der Waals surface area contributed by atoms with Gasteiger partial charge in [-0.3, -0.25) is 9.69 Å². The van der Waals surface area contributed by atoms with Crippen LogP contribution >= 0.6 is 11.8 Å². The summed E-state index contributed by atoms with van der Waals surface area (Å²) >= 11 is 1.37. The Morgan fingerprint density at radius 2 is 1.59 bits per heavy atom. The summed E-state index contributed by atoms with van der Waals surface area (Å²) in [7, 11) is 1.63. The Labute approximate surface area is 224 Å². The number of para-hydroxylation sites is 1. The molecule has 0 spiro atoms. The van der Waals surface area contributed by atoms with Crippen molar-refractivity contribution in [3.8, 4) is 11.5 Å². The molecule has 37 heavy (non-hydrogen) atoms. The van der Waals surface area contributed by atoms with E-state index in [9.17, 15) is 4.79 Å². The van der Waals surface area contributed by atoms with Crippen molar-refractivity contribution in [2.45, 2.75) is 53.1 Å². The third kappa shape index (κ3) is 6.08. The van der Waals surface area contributed by atoms with Gasteiger partial charge in [-0.2, -0.15) is 0 Å². The van der Waals surface area contributed by atoms with E-state index in [1.165, 1.54) is 22.9 Å². The van der Waals surface area contributed by atoms with Crippen molar-refractivity contribution in [3.05, 3.63) is 88.3 Å². The van der Waals surface area contributed by atoms with Crippen molar-refractivity contribution >= 4 is 40.3 Å². The Morgan fingerprint density at radius 3 is 2.19 bits per heavy atom. The second-order valence-corrected chi connectivity index (χ2v) is 9.91. The Kier molecular flexibility index (Phi) is 8.72. The summed E-state index contributed by atoms with van der Waals surface area (Å²) in [5.74, 6) is 1.16. The maximum absolute atomic E-state index is 13.8. The number of ether oxygens (including phenoxy) is 2. The molecule has 0 N–H and O–H groups in total. The van der Waals surface area contributed by atoms with E-state index in [1.807, 2.05) is 55.5 Å². The number of aliphatic imine (C=N–C) groups is 1. The van der Waals surface area contributed by atoms with Gasteiger partial charge < -0.3 is 9.47 Å². The number of hydrogen-bond acceptors (Lipinski definition) is 5. The smallest absolute Gasteiger partial charge is 0.271 e. The molecule has 1 heterocycles. The lowest BCUT2D eigenvalue weighted by Crippen LogP contribution is -2.28. The molecule has 6 heteroatoms. The molecule has 1 saturated heterocycles. The number of rotatable bonds is 9. The predicted molar refractivity (Wildman–Crippen MR) is 155 cm³/mol. The molecule has 5 nitrogen and oxygen atoms in total. The summed E-state index contributed by atoms with van der Waals surface area (Å²) in [5, 5.41) is 0.622. The zero-order chi connectivity index (χ0) is 26.4. The minimum atomic E-state index is -0.115. The number of aryl methyl sites for hydroxylation is 2. The van der Waals surface area contributed by atoms with Crippen LogP contribution in [0.15, 0.2) is 76.6 Å². The van der Waals surface area contributed by atoms with E-state index < -0.39 is 0 Å². The molecule has 1 aliphatic heterocycles. The quantitative estimate of drug-likeness (QED) is 0.273.